The zero-order valence-corrected chi connectivity index (χ0v) is 8.71. The summed E-state index contributed by atoms with van der Waals surface area (Å²) in [6.45, 7) is 2.32. The van der Waals surface area contributed by atoms with Crippen LogP contribution in [0.5, 0.6) is 0 Å². The van der Waals surface area contributed by atoms with Crippen molar-refractivity contribution < 1.29 is 0 Å². The van der Waals surface area contributed by atoms with Crippen molar-refractivity contribution in [2.24, 2.45) is 0 Å². The van der Waals surface area contributed by atoms with Crippen LogP contribution in [-0.2, 0) is 6.42 Å². The fraction of sp³-hybridized carbons (Fsp3) is 0.400. The van der Waals surface area contributed by atoms with Crippen molar-refractivity contribution in [2.45, 2.75) is 23.2 Å². The molecule has 11 heavy (non-hydrogen) atoms. The summed E-state index contributed by atoms with van der Waals surface area (Å²) in [6, 6.07) is 8.80. The fourth-order valence-electron chi connectivity index (χ4n) is 1.75. The zero-order chi connectivity index (χ0) is 7.84. The lowest BCUT2D eigenvalue weighted by atomic mass is 10.0. The molecule has 2 rings (SSSR count). The first-order valence-electron chi connectivity index (χ1n) is 4.01. The third-order valence-electron chi connectivity index (χ3n) is 2.50. The van der Waals surface area contributed by atoms with Gasteiger partial charge < -0.3 is 0 Å². The molecule has 0 aliphatic heterocycles. The van der Waals surface area contributed by atoms with E-state index in [4.69, 9.17) is 0 Å². The first-order chi connectivity index (χ1) is 5.29. The van der Waals surface area contributed by atoms with E-state index < -0.39 is 0 Å². The van der Waals surface area contributed by atoms with Crippen LogP contribution in [0.4, 0.5) is 0 Å². The molecule has 1 aliphatic carbocycles. The topological polar surface area (TPSA) is 0 Å². The van der Waals surface area contributed by atoms with Gasteiger partial charge in [0.1, 0.15) is 0 Å². The molecule has 1 aliphatic rings. The Bertz CT molecular complexity index is 267. The smallest absolute Gasteiger partial charge is 0.0216 e. The van der Waals surface area contributed by atoms with Crippen LogP contribution < -0.4 is 0 Å². The summed E-state index contributed by atoms with van der Waals surface area (Å²) in [5.41, 5.74) is 3.12. The Kier molecular flexibility index (Phi) is 1.91. The van der Waals surface area contributed by atoms with Crippen LogP contribution in [0.15, 0.2) is 24.3 Å². The summed E-state index contributed by atoms with van der Waals surface area (Å²) < 4.78 is 0.810. The first-order valence-corrected chi connectivity index (χ1v) is 5.25. The van der Waals surface area contributed by atoms with Gasteiger partial charge in [-0.2, -0.15) is 0 Å². The lowest BCUT2D eigenvalue weighted by Crippen LogP contribution is -2.00. The van der Waals surface area contributed by atoms with Gasteiger partial charge in [-0.15, -0.1) is 0 Å². The highest BCUT2D eigenvalue weighted by atomic mass is 127. The van der Waals surface area contributed by atoms with Gasteiger partial charge >= 0.3 is 0 Å². The molecule has 2 atom stereocenters. The van der Waals surface area contributed by atoms with E-state index in [2.05, 4.69) is 53.8 Å². The van der Waals surface area contributed by atoms with E-state index in [1.807, 2.05) is 0 Å². The standard InChI is InChI=1S/C10H11I/c1-7-9-5-3-2-4-8(9)6-10(7)11/h2-5,7,10H,6H2,1H3. The summed E-state index contributed by atoms with van der Waals surface area (Å²) in [5, 5.41) is 0. The second kappa shape index (κ2) is 2.77. The van der Waals surface area contributed by atoms with E-state index in [-0.39, 0.29) is 0 Å². The van der Waals surface area contributed by atoms with Crippen LogP contribution in [-0.4, -0.2) is 3.92 Å². The largest absolute Gasteiger partial charge is 0.0816 e. The van der Waals surface area contributed by atoms with Gasteiger partial charge in [0.05, 0.1) is 0 Å². The normalized spacial score (nSPS) is 28.5. The average Bonchev–Trinajstić information content (AvgIpc) is 2.30. The van der Waals surface area contributed by atoms with E-state index in [0.29, 0.717) is 0 Å². The molecule has 0 fully saturated rings. The van der Waals surface area contributed by atoms with E-state index in [1.54, 1.807) is 11.1 Å². The van der Waals surface area contributed by atoms with Crippen molar-refractivity contribution in [3.63, 3.8) is 0 Å². The van der Waals surface area contributed by atoms with Gasteiger partial charge in [-0.05, 0) is 23.5 Å². The Hall–Kier alpha value is -0.0500. The number of alkyl halides is 1. The van der Waals surface area contributed by atoms with E-state index >= 15 is 0 Å². The number of hydrogen-bond acceptors (Lipinski definition) is 0. The minimum Gasteiger partial charge on any atom is -0.0816 e. The van der Waals surface area contributed by atoms with E-state index in [9.17, 15) is 0 Å². The Labute approximate surface area is 81.1 Å². The van der Waals surface area contributed by atoms with Crippen molar-refractivity contribution in [1.29, 1.82) is 0 Å². The predicted molar refractivity (Wildman–Crippen MR) is 56.4 cm³/mol. The molecule has 0 saturated carbocycles. The van der Waals surface area contributed by atoms with Crippen LogP contribution in [0.3, 0.4) is 0 Å². The second-order valence-electron chi connectivity index (χ2n) is 3.21. The third kappa shape index (κ3) is 1.19. The predicted octanol–water partition coefficient (Wildman–Crippen LogP) is 3.15. The maximum Gasteiger partial charge on any atom is 0.0216 e. The number of hydrogen-bond donors (Lipinski definition) is 0. The molecule has 0 saturated heterocycles. The molecule has 0 nitrogen and oxygen atoms in total. The molecule has 58 valence electrons. The minimum absolute atomic E-state index is 0.756. The summed E-state index contributed by atoms with van der Waals surface area (Å²) in [4.78, 5) is 0. The molecule has 1 aromatic carbocycles. The highest BCUT2D eigenvalue weighted by Gasteiger charge is 2.25. The Balaban J connectivity index is 2.47. The van der Waals surface area contributed by atoms with Gasteiger partial charge in [-0.3, -0.25) is 0 Å². The van der Waals surface area contributed by atoms with Crippen molar-refractivity contribution in [2.75, 3.05) is 0 Å². The van der Waals surface area contributed by atoms with E-state index in [1.165, 1.54) is 6.42 Å². The van der Waals surface area contributed by atoms with Crippen molar-refractivity contribution in [3.8, 4) is 0 Å². The molecule has 0 heterocycles. The molecule has 0 spiro atoms. The van der Waals surface area contributed by atoms with Crippen molar-refractivity contribution in [3.05, 3.63) is 35.4 Å². The SMILES string of the molecule is CC1c2ccccc2CC1I. The number of halogens is 1. The number of rotatable bonds is 0. The fourth-order valence-corrected chi connectivity index (χ4v) is 2.61. The van der Waals surface area contributed by atoms with Crippen molar-refractivity contribution >= 4 is 22.6 Å². The van der Waals surface area contributed by atoms with Crippen LogP contribution in [0.25, 0.3) is 0 Å². The van der Waals surface area contributed by atoms with Gasteiger partial charge in [0.2, 0.25) is 0 Å². The maximum atomic E-state index is 2.55. The summed E-state index contributed by atoms with van der Waals surface area (Å²) in [6.07, 6.45) is 1.26. The highest BCUT2D eigenvalue weighted by Crippen LogP contribution is 2.36. The van der Waals surface area contributed by atoms with Gasteiger partial charge in [-0.25, -0.2) is 0 Å². The lowest BCUT2D eigenvalue weighted by Gasteiger charge is -2.06. The minimum atomic E-state index is 0.756. The van der Waals surface area contributed by atoms with Crippen molar-refractivity contribution in [1.82, 2.24) is 0 Å². The average molecular weight is 258 g/mol. The lowest BCUT2D eigenvalue weighted by molar-refractivity contribution is 0.791. The molecule has 0 amide bonds. The number of benzene rings is 1. The zero-order valence-electron chi connectivity index (χ0n) is 6.55. The quantitative estimate of drug-likeness (QED) is 0.495. The van der Waals surface area contributed by atoms with Gasteiger partial charge in [0.15, 0.2) is 0 Å². The van der Waals surface area contributed by atoms with Crippen LogP contribution in [0.2, 0.25) is 0 Å². The third-order valence-corrected chi connectivity index (χ3v) is 4.02. The van der Waals surface area contributed by atoms with E-state index in [0.717, 1.165) is 9.84 Å². The highest BCUT2D eigenvalue weighted by molar-refractivity contribution is 14.1. The van der Waals surface area contributed by atoms with Crippen LogP contribution in [0, 0.1) is 0 Å². The maximum absolute atomic E-state index is 2.55. The molecule has 0 aromatic heterocycles. The van der Waals surface area contributed by atoms with Crippen LogP contribution in [0.1, 0.15) is 24.0 Å². The Morgan fingerprint density at radius 1 is 1.36 bits per heavy atom. The van der Waals surface area contributed by atoms with Gasteiger partial charge in [0, 0.05) is 3.92 Å². The molecule has 1 heteroatoms. The molecule has 0 radical (unpaired) electrons. The molecule has 0 bridgehead atoms. The second-order valence-corrected chi connectivity index (χ2v) is 4.81. The Morgan fingerprint density at radius 3 is 2.82 bits per heavy atom. The summed E-state index contributed by atoms with van der Waals surface area (Å²) in [7, 11) is 0. The first kappa shape index (κ1) is 7.59. The van der Waals surface area contributed by atoms with Gasteiger partial charge in [0.25, 0.3) is 0 Å². The van der Waals surface area contributed by atoms with Gasteiger partial charge in [-0.1, -0.05) is 53.8 Å². The summed E-state index contributed by atoms with van der Waals surface area (Å²) >= 11 is 2.55. The Morgan fingerprint density at radius 2 is 2.09 bits per heavy atom. The molecular formula is C10H11I. The molecule has 1 aromatic rings. The molecular weight excluding hydrogens is 247 g/mol. The monoisotopic (exact) mass is 258 g/mol. The van der Waals surface area contributed by atoms with Crippen LogP contribution >= 0.6 is 22.6 Å². The number of fused-ring (bicyclic) bond motifs is 1. The molecule has 2 unspecified atom stereocenters. The molecule has 0 N–H and O–H groups in total. The summed E-state index contributed by atoms with van der Waals surface area (Å²) in [5.74, 6) is 0.756.